The minimum Gasteiger partial charge on any atom is -0.341 e. The highest BCUT2D eigenvalue weighted by Gasteiger charge is 2.50. The van der Waals surface area contributed by atoms with Crippen molar-refractivity contribution in [2.24, 2.45) is 11.8 Å². The Morgan fingerprint density at radius 3 is 2.56 bits per heavy atom. The maximum atomic E-state index is 12.8. The normalized spacial score (nSPS) is 29.7. The monoisotopic (exact) mass is 344 g/mol. The summed E-state index contributed by atoms with van der Waals surface area (Å²) in [4.78, 5) is 44.7. The zero-order chi connectivity index (χ0) is 18.2. The summed E-state index contributed by atoms with van der Waals surface area (Å²) in [7, 11) is 0. The molecule has 7 heteroatoms. The fourth-order valence-corrected chi connectivity index (χ4v) is 3.77. The first-order valence-electron chi connectivity index (χ1n) is 8.64. The van der Waals surface area contributed by atoms with Crippen molar-refractivity contribution in [2.45, 2.75) is 32.7 Å². The van der Waals surface area contributed by atoms with Crippen molar-refractivity contribution in [2.75, 3.05) is 19.6 Å². The van der Waals surface area contributed by atoms with Crippen LogP contribution in [0.2, 0.25) is 0 Å². The predicted molar refractivity (Wildman–Crippen MR) is 91.4 cm³/mol. The van der Waals surface area contributed by atoms with Gasteiger partial charge in [-0.2, -0.15) is 0 Å². The summed E-state index contributed by atoms with van der Waals surface area (Å²) in [6.45, 7) is 6.95. The van der Waals surface area contributed by atoms with Gasteiger partial charge in [0, 0.05) is 19.3 Å². The van der Waals surface area contributed by atoms with Gasteiger partial charge in [-0.05, 0) is 37.3 Å². The molecule has 0 spiro atoms. The minimum absolute atomic E-state index is 0.188. The second-order valence-electron chi connectivity index (χ2n) is 7.41. The lowest BCUT2D eigenvalue weighted by Crippen LogP contribution is -2.48. The Labute approximate surface area is 147 Å². The van der Waals surface area contributed by atoms with Crippen LogP contribution in [0.5, 0.6) is 0 Å². The lowest BCUT2D eigenvalue weighted by molar-refractivity contribution is -0.140. The fraction of sp³-hybridized carbons (Fsp3) is 0.556. The van der Waals surface area contributed by atoms with E-state index < -0.39 is 17.5 Å². The topological polar surface area (TPSA) is 82.6 Å². The van der Waals surface area contributed by atoms with Gasteiger partial charge in [0.25, 0.3) is 5.91 Å². The second-order valence-corrected chi connectivity index (χ2v) is 7.41. The van der Waals surface area contributed by atoms with Gasteiger partial charge >= 0.3 is 6.03 Å². The van der Waals surface area contributed by atoms with Crippen LogP contribution in [0.4, 0.5) is 4.79 Å². The molecule has 134 valence electrons. The van der Waals surface area contributed by atoms with Crippen molar-refractivity contribution in [3.63, 3.8) is 0 Å². The number of carbonyl (C=O) groups excluding carboxylic acids is 3. The zero-order valence-electron chi connectivity index (χ0n) is 14.9. The Morgan fingerprint density at radius 1 is 1.28 bits per heavy atom. The van der Waals surface area contributed by atoms with Gasteiger partial charge in [-0.25, -0.2) is 4.79 Å². The maximum Gasteiger partial charge on any atom is 0.325 e. The maximum absolute atomic E-state index is 12.8. The summed E-state index contributed by atoms with van der Waals surface area (Å²) in [5.74, 6) is 0.221. The number of aromatic nitrogens is 1. The number of amides is 4. The van der Waals surface area contributed by atoms with E-state index in [1.165, 1.54) is 0 Å². The molecule has 0 saturated carbocycles. The van der Waals surface area contributed by atoms with Crippen molar-refractivity contribution in [3.05, 3.63) is 30.1 Å². The van der Waals surface area contributed by atoms with Crippen LogP contribution >= 0.6 is 0 Å². The van der Waals surface area contributed by atoms with Crippen LogP contribution in [0.25, 0.3) is 0 Å². The van der Waals surface area contributed by atoms with E-state index in [0.717, 1.165) is 11.3 Å². The Hall–Kier alpha value is -2.44. The molecule has 0 aromatic carbocycles. The number of pyridine rings is 1. The van der Waals surface area contributed by atoms with Gasteiger partial charge in [-0.3, -0.25) is 19.5 Å². The number of hydrogen-bond acceptors (Lipinski definition) is 4. The standard InChI is InChI=1S/C18H24N4O3/c1-12-8-13(2)10-21(9-12)15(23)11-22-16(24)18(3,20-17(22)25)14-6-4-5-7-19-14/h4-7,12-13H,8-11H2,1-3H3,(H,20,25)/t12-,13+,18-/m1/s1. The molecule has 3 rings (SSSR count). The SMILES string of the molecule is C[C@@H]1C[C@H](C)CN(C(=O)CN2C(=O)N[C@](C)(c3ccccn3)C2=O)C1. The number of hydrogen-bond donors (Lipinski definition) is 1. The first-order chi connectivity index (χ1) is 11.8. The quantitative estimate of drug-likeness (QED) is 0.839. The molecule has 0 aliphatic carbocycles. The molecule has 3 atom stereocenters. The molecule has 1 N–H and O–H groups in total. The summed E-state index contributed by atoms with van der Waals surface area (Å²) in [5.41, 5.74) is -0.773. The van der Waals surface area contributed by atoms with Gasteiger partial charge in [0.15, 0.2) is 5.54 Å². The Balaban J connectivity index is 1.74. The predicted octanol–water partition coefficient (Wildman–Crippen LogP) is 1.35. The third-order valence-corrected chi connectivity index (χ3v) is 4.97. The van der Waals surface area contributed by atoms with Crippen LogP contribution < -0.4 is 5.32 Å². The Bertz CT molecular complexity index is 683. The van der Waals surface area contributed by atoms with Crippen LogP contribution in [-0.4, -0.2) is 52.3 Å². The van der Waals surface area contributed by atoms with E-state index >= 15 is 0 Å². The van der Waals surface area contributed by atoms with Gasteiger partial charge in [0.05, 0.1) is 5.69 Å². The minimum atomic E-state index is -1.24. The molecule has 0 bridgehead atoms. The van der Waals surface area contributed by atoms with Crippen LogP contribution in [0.15, 0.2) is 24.4 Å². The molecule has 25 heavy (non-hydrogen) atoms. The molecule has 4 amide bonds. The first kappa shape index (κ1) is 17.4. The van der Waals surface area contributed by atoms with Crippen LogP contribution in [0.1, 0.15) is 32.9 Å². The van der Waals surface area contributed by atoms with E-state index in [9.17, 15) is 14.4 Å². The molecule has 0 radical (unpaired) electrons. The summed E-state index contributed by atoms with van der Waals surface area (Å²) in [6.07, 6.45) is 2.66. The number of nitrogens with zero attached hydrogens (tertiary/aromatic N) is 3. The van der Waals surface area contributed by atoms with Gasteiger partial charge in [0.1, 0.15) is 6.54 Å². The molecule has 2 saturated heterocycles. The highest BCUT2D eigenvalue weighted by Crippen LogP contribution is 2.27. The first-order valence-corrected chi connectivity index (χ1v) is 8.64. The largest absolute Gasteiger partial charge is 0.341 e. The molecular formula is C18H24N4O3. The molecule has 0 unspecified atom stereocenters. The van der Waals surface area contributed by atoms with E-state index in [2.05, 4.69) is 24.1 Å². The number of urea groups is 1. The number of carbonyl (C=O) groups is 3. The molecule has 2 fully saturated rings. The van der Waals surface area contributed by atoms with Crippen LogP contribution in [-0.2, 0) is 15.1 Å². The van der Waals surface area contributed by atoms with E-state index in [-0.39, 0.29) is 12.5 Å². The van der Waals surface area contributed by atoms with Crippen LogP contribution in [0.3, 0.4) is 0 Å². The van der Waals surface area contributed by atoms with E-state index in [1.54, 1.807) is 36.2 Å². The summed E-state index contributed by atoms with van der Waals surface area (Å²) in [5, 5.41) is 2.68. The molecule has 7 nitrogen and oxygen atoms in total. The number of imide groups is 1. The van der Waals surface area contributed by atoms with Crippen LogP contribution in [0, 0.1) is 11.8 Å². The van der Waals surface area contributed by atoms with Gasteiger partial charge < -0.3 is 10.2 Å². The van der Waals surface area contributed by atoms with Gasteiger partial charge in [-0.15, -0.1) is 0 Å². The number of rotatable bonds is 3. The summed E-state index contributed by atoms with van der Waals surface area (Å²) >= 11 is 0. The van der Waals surface area contributed by atoms with Crippen molar-refractivity contribution in [3.8, 4) is 0 Å². The average Bonchev–Trinajstić information content (AvgIpc) is 2.79. The summed E-state index contributed by atoms with van der Waals surface area (Å²) < 4.78 is 0. The molecular weight excluding hydrogens is 320 g/mol. The highest BCUT2D eigenvalue weighted by molar-refractivity contribution is 6.08. The highest BCUT2D eigenvalue weighted by atomic mass is 16.2. The number of piperidine rings is 1. The van der Waals surface area contributed by atoms with E-state index in [0.29, 0.717) is 30.6 Å². The lowest BCUT2D eigenvalue weighted by Gasteiger charge is -2.35. The van der Waals surface area contributed by atoms with Crippen molar-refractivity contribution >= 4 is 17.8 Å². The third kappa shape index (κ3) is 3.23. The fourth-order valence-electron chi connectivity index (χ4n) is 3.77. The molecule has 1 aromatic rings. The Kier molecular flexibility index (Phi) is 4.49. The number of likely N-dealkylation sites (tertiary alicyclic amines) is 1. The smallest absolute Gasteiger partial charge is 0.325 e. The zero-order valence-corrected chi connectivity index (χ0v) is 14.9. The molecule has 3 heterocycles. The molecule has 2 aliphatic heterocycles. The van der Waals surface area contributed by atoms with E-state index in [4.69, 9.17) is 0 Å². The van der Waals surface area contributed by atoms with Crippen molar-refractivity contribution < 1.29 is 14.4 Å². The third-order valence-electron chi connectivity index (χ3n) is 4.97. The Morgan fingerprint density at radius 2 is 1.96 bits per heavy atom. The lowest BCUT2D eigenvalue weighted by atomic mass is 9.92. The van der Waals surface area contributed by atoms with Gasteiger partial charge in [0.2, 0.25) is 5.91 Å². The number of nitrogens with one attached hydrogen (secondary N) is 1. The second kappa shape index (κ2) is 6.46. The van der Waals surface area contributed by atoms with E-state index in [1.807, 2.05) is 0 Å². The molecule has 2 aliphatic rings. The average molecular weight is 344 g/mol. The van der Waals surface area contributed by atoms with Crippen molar-refractivity contribution in [1.82, 2.24) is 20.1 Å². The van der Waals surface area contributed by atoms with Crippen molar-refractivity contribution in [1.29, 1.82) is 0 Å². The summed E-state index contributed by atoms with van der Waals surface area (Å²) in [6, 6.07) is 4.65. The molecule has 1 aromatic heterocycles. The van der Waals surface area contributed by atoms with Gasteiger partial charge in [-0.1, -0.05) is 19.9 Å².